The third-order valence-corrected chi connectivity index (χ3v) is 4.61. The lowest BCUT2D eigenvalue weighted by Crippen LogP contribution is -2.36. The largest absolute Gasteiger partial charge is 0.478 e. The topological polar surface area (TPSA) is 58.5 Å². The molecule has 0 aliphatic carbocycles. The van der Waals surface area contributed by atoms with E-state index in [2.05, 4.69) is 46.6 Å². The summed E-state index contributed by atoms with van der Waals surface area (Å²) in [5.41, 5.74) is 0.987. The molecule has 0 saturated heterocycles. The fourth-order valence-electron chi connectivity index (χ4n) is 2.20. The molecule has 0 fully saturated rings. The minimum absolute atomic E-state index is 0.531. The molecule has 130 valence electrons. The molecule has 2 rings (SSSR count). The van der Waals surface area contributed by atoms with Gasteiger partial charge in [0.2, 0.25) is 5.88 Å². The first-order chi connectivity index (χ1) is 11.8. The second-order valence-electron chi connectivity index (χ2n) is 5.17. The Morgan fingerprint density at radius 1 is 1.17 bits per heavy atom. The predicted octanol–water partition coefficient (Wildman–Crippen LogP) is 3.36. The molecule has 0 aliphatic rings. The molecule has 0 amide bonds. The summed E-state index contributed by atoms with van der Waals surface area (Å²) in [6, 6.07) is 8.27. The normalized spacial score (nSPS) is 11.4. The number of aromatic nitrogens is 1. The number of nitrogens with one attached hydrogen (secondary N) is 2. The van der Waals surface area contributed by atoms with Gasteiger partial charge in [0.05, 0.1) is 19.7 Å². The molecule has 0 atom stereocenters. The van der Waals surface area contributed by atoms with Crippen LogP contribution in [0.2, 0.25) is 0 Å². The molecule has 5 nitrogen and oxygen atoms in total. The molecule has 0 spiro atoms. The number of pyridine rings is 1. The van der Waals surface area contributed by atoms with E-state index >= 15 is 0 Å². The van der Waals surface area contributed by atoms with E-state index in [0.29, 0.717) is 19.0 Å². The number of ether oxygens (including phenoxy) is 1. The van der Waals surface area contributed by atoms with Crippen LogP contribution in [0.25, 0.3) is 0 Å². The molecule has 0 saturated carbocycles. The highest BCUT2D eigenvalue weighted by Gasteiger charge is 2.05. The summed E-state index contributed by atoms with van der Waals surface area (Å²) >= 11 is 1.84. The number of hydrogen-bond donors (Lipinski definition) is 2. The maximum absolute atomic E-state index is 5.55. The molecular formula is C18H26N4OS. The van der Waals surface area contributed by atoms with Gasteiger partial charge in [-0.3, -0.25) is 0 Å². The summed E-state index contributed by atoms with van der Waals surface area (Å²) in [5, 5.41) is 6.66. The zero-order valence-corrected chi connectivity index (χ0v) is 15.4. The van der Waals surface area contributed by atoms with Crippen molar-refractivity contribution in [3.8, 4) is 5.88 Å². The van der Waals surface area contributed by atoms with Gasteiger partial charge in [-0.2, -0.15) is 0 Å². The Balaban J connectivity index is 1.99. The number of rotatable bonds is 8. The van der Waals surface area contributed by atoms with Gasteiger partial charge in [0.15, 0.2) is 5.96 Å². The first kappa shape index (κ1) is 18.3. The van der Waals surface area contributed by atoms with Gasteiger partial charge in [-0.1, -0.05) is 13.0 Å². The highest BCUT2D eigenvalue weighted by molar-refractivity contribution is 7.11. The molecular weight excluding hydrogens is 320 g/mol. The predicted molar refractivity (Wildman–Crippen MR) is 101 cm³/mol. The molecule has 24 heavy (non-hydrogen) atoms. The zero-order valence-electron chi connectivity index (χ0n) is 14.6. The Morgan fingerprint density at radius 3 is 2.71 bits per heavy atom. The van der Waals surface area contributed by atoms with E-state index in [1.165, 1.54) is 9.75 Å². The summed E-state index contributed by atoms with van der Waals surface area (Å²) in [5.74, 6) is 1.46. The van der Waals surface area contributed by atoms with Crippen LogP contribution in [0.1, 0.15) is 36.1 Å². The van der Waals surface area contributed by atoms with Gasteiger partial charge in [0.1, 0.15) is 0 Å². The molecule has 6 heteroatoms. The monoisotopic (exact) mass is 346 g/mol. The Labute approximate surface area is 148 Å². The summed E-state index contributed by atoms with van der Waals surface area (Å²) < 4.78 is 5.55. The second-order valence-corrected chi connectivity index (χ2v) is 6.42. The first-order valence-corrected chi connectivity index (χ1v) is 9.24. The molecule has 0 bridgehead atoms. The van der Waals surface area contributed by atoms with Gasteiger partial charge in [-0.05, 0) is 38.5 Å². The minimum Gasteiger partial charge on any atom is -0.478 e. The molecule has 0 radical (unpaired) electrons. The van der Waals surface area contributed by atoms with Crippen molar-refractivity contribution in [2.45, 2.75) is 40.3 Å². The number of thiophene rings is 1. The van der Waals surface area contributed by atoms with Crippen molar-refractivity contribution in [2.75, 3.05) is 13.2 Å². The van der Waals surface area contributed by atoms with Crippen molar-refractivity contribution in [1.29, 1.82) is 0 Å². The lowest BCUT2D eigenvalue weighted by atomic mass is 10.3. The number of aliphatic imine (C=N–C) groups is 1. The standard InChI is InChI=1S/C18H26N4OS/c1-4-15-9-10-16(24-15)13-22-18(19-5-2)21-12-14-8-7-11-20-17(14)23-6-3/h7-11H,4-6,12-13H2,1-3H3,(H2,19,21,22). The number of hydrogen-bond acceptors (Lipinski definition) is 4. The van der Waals surface area contributed by atoms with Crippen molar-refractivity contribution in [3.05, 3.63) is 45.8 Å². The molecule has 2 N–H and O–H groups in total. The van der Waals surface area contributed by atoms with Crippen LogP contribution in [-0.4, -0.2) is 24.1 Å². The van der Waals surface area contributed by atoms with Crippen molar-refractivity contribution < 1.29 is 4.74 Å². The van der Waals surface area contributed by atoms with E-state index in [1.807, 2.05) is 30.4 Å². The second kappa shape index (κ2) is 9.93. The van der Waals surface area contributed by atoms with Gasteiger partial charge in [-0.25, -0.2) is 9.98 Å². The summed E-state index contributed by atoms with van der Waals surface area (Å²) in [4.78, 5) is 11.6. The Hall–Kier alpha value is -2.08. The third-order valence-electron chi connectivity index (χ3n) is 3.38. The highest BCUT2D eigenvalue weighted by Crippen LogP contribution is 2.17. The quantitative estimate of drug-likeness (QED) is 0.568. The van der Waals surface area contributed by atoms with Crippen LogP contribution < -0.4 is 15.4 Å². The van der Waals surface area contributed by atoms with Crippen LogP contribution in [0.15, 0.2) is 35.5 Å². The summed E-state index contributed by atoms with van der Waals surface area (Å²) in [6.07, 6.45) is 2.82. The van der Waals surface area contributed by atoms with Crippen molar-refractivity contribution in [1.82, 2.24) is 15.6 Å². The molecule has 0 aliphatic heterocycles. The van der Waals surface area contributed by atoms with E-state index in [4.69, 9.17) is 4.74 Å². The highest BCUT2D eigenvalue weighted by atomic mass is 32.1. The van der Waals surface area contributed by atoms with Crippen LogP contribution >= 0.6 is 11.3 Å². The van der Waals surface area contributed by atoms with Gasteiger partial charge in [-0.15, -0.1) is 11.3 Å². The van der Waals surface area contributed by atoms with E-state index in [-0.39, 0.29) is 0 Å². The van der Waals surface area contributed by atoms with E-state index < -0.39 is 0 Å². The Kier molecular flexibility index (Phi) is 7.55. The van der Waals surface area contributed by atoms with Gasteiger partial charge in [0.25, 0.3) is 0 Å². The van der Waals surface area contributed by atoms with Gasteiger partial charge < -0.3 is 15.4 Å². The van der Waals surface area contributed by atoms with Crippen LogP contribution in [0.5, 0.6) is 5.88 Å². The third kappa shape index (κ3) is 5.53. The van der Waals surface area contributed by atoms with Gasteiger partial charge in [0, 0.05) is 28.1 Å². The van der Waals surface area contributed by atoms with E-state index in [0.717, 1.165) is 31.0 Å². The zero-order chi connectivity index (χ0) is 17.2. The van der Waals surface area contributed by atoms with E-state index in [1.54, 1.807) is 6.20 Å². The smallest absolute Gasteiger partial charge is 0.218 e. The summed E-state index contributed by atoms with van der Waals surface area (Å²) in [6.45, 7) is 8.93. The average Bonchev–Trinajstić information content (AvgIpc) is 3.07. The van der Waals surface area contributed by atoms with Crippen LogP contribution in [0, 0.1) is 0 Å². The number of nitrogens with zero attached hydrogens (tertiary/aromatic N) is 2. The molecule has 2 heterocycles. The fourth-order valence-corrected chi connectivity index (χ4v) is 3.09. The number of aryl methyl sites for hydroxylation is 1. The van der Waals surface area contributed by atoms with Crippen molar-refractivity contribution >= 4 is 17.3 Å². The maximum Gasteiger partial charge on any atom is 0.218 e. The van der Waals surface area contributed by atoms with Crippen LogP contribution in [0.4, 0.5) is 0 Å². The lowest BCUT2D eigenvalue weighted by molar-refractivity contribution is 0.323. The molecule has 0 aromatic carbocycles. The summed E-state index contributed by atoms with van der Waals surface area (Å²) in [7, 11) is 0. The molecule has 2 aromatic rings. The average molecular weight is 347 g/mol. The number of guanidine groups is 1. The SMILES string of the molecule is CCNC(=NCc1cccnc1OCC)NCc1ccc(CC)s1. The Morgan fingerprint density at radius 2 is 2.00 bits per heavy atom. The lowest BCUT2D eigenvalue weighted by Gasteiger charge is -2.11. The fraction of sp³-hybridized carbons (Fsp3) is 0.444. The van der Waals surface area contributed by atoms with Crippen LogP contribution in [-0.2, 0) is 19.5 Å². The minimum atomic E-state index is 0.531. The van der Waals surface area contributed by atoms with E-state index in [9.17, 15) is 0 Å². The van der Waals surface area contributed by atoms with Gasteiger partial charge >= 0.3 is 0 Å². The molecule has 2 aromatic heterocycles. The maximum atomic E-state index is 5.55. The Bertz CT molecular complexity index is 654. The van der Waals surface area contributed by atoms with Crippen molar-refractivity contribution in [3.63, 3.8) is 0 Å². The molecule has 0 unspecified atom stereocenters. The first-order valence-electron chi connectivity index (χ1n) is 8.43. The van der Waals surface area contributed by atoms with Crippen LogP contribution in [0.3, 0.4) is 0 Å². The van der Waals surface area contributed by atoms with Crippen molar-refractivity contribution in [2.24, 2.45) is 4.99 Å².